The molecule has 2 heterocycles. The van der Waals surface area contributed by atoms with Gasteiger partial charge in [0.2, 0.25) is 5.09 Å². The van der Waals surface area contributed by atoms with E-state index in [2.05, 4.69) is 18.2 Å². The maximum atomic E-state index is 12.8. The molecule has 1 atom stereocenters. The van der Waals surface area contributed by atoms with Gasteiger partial charge in [-0.25, -0.2) is 13.6 Å². The number of rotatable bonds is 3. The first kappa shape index (κ1) is 16.7. The molecule has 2 N–H and O–H groups in total. The summed E-state index contributed by atoms with van der Waals surface area (Å²) in [5.41, 5.74) is 3.62. The third kappa shape index (κ3) is 3.22. The second-order valence-electron chi connectivity index (χ2n) is 6.28. The van der Waals surface area contributed by atoms with Crippen molar-refractivity contribution in [2.45, 2.75) is 37.8 Å². The van der Waals surface area contributed by atoms with E-state index in [-0.39, 0.29) is 17.5 Å². The zero-order valence-electron chi connectivity index (χ0n) is 13.7. The van der Waals surface area contributed by atoms with Gasteiger partial charge in [-0.05, 0) is 32.3 Å². The van der Waals surface area contributed by atoms with Gasteiger partial charge < -0.3 is 9.32 Å². The summed E-state index contributed by atoms with van der Waals surface area (Å²) in [5.74, 6) is -0.240. The summed E-state index contributed by atoms with van der Waals surface area (Å²) in [6.07, 6.45) is 2.94. The van der Waals surface area contributed by atoms with Gasteiger partial charge in [0.25, 0.3) is 15.9 Å². The van der Waals surface area contributed by atoms with Gasteiger partial charge in [0.05, 0.1) is 11.6 Å². The lowest BCUT2D eigenvalue weighted by atomic mass is 9.99. The largest absolute Gasteiger partial charge is 0.451 e. The van der Waals surface area contributed by atoms with Crippen LogP contribution in [-0.4, -0.2) is 25.8 Å². The summed E-state index contributed by atoms with van der Waals surface area (Å²) >= 11 is 0. The van der Waals surface area contributed by atoms with Gasteiger partial charge in [-0.2, -0.15) is 0 Å². The Morgan fingerprint density at radius 2 is 1.88 bits per heavy atom. The number of aryl methyl sites for hydroxylation is 2. The molecule has 0 unspecified atom stereocenters. The number of carbonyl (C=O) groups is 1. The lowest BCUT2D eigenvalue weighted by molar-refractivity contribution is 0.0735. The summed E-state index contributed by atoms with van der Waals surface area (Å²) < 4.78 is 27.5. The molecule has 24 heavy (non-hydrogen) atoms. The monoisotopic (exact) mass is 348 g/mol. The molecule has 0 spiro atoms. The van der Waals surface area contributed by atoms with Gasteiger partial charge in [-0.1, -0.05) is 29.3 Å². The molecule has 1 aliphatic heterocycles. The molecule has 0 radical (unpaired) electrons. The number of sulfonamides is 1. The Bertz CT molecular complexity index is 865. The van der Waals surface area contributed by atoms with Crippen LogP contribution in [0.25, 0.3) is 0 Å². The number of nitrogens with two attached hydrogens (primary N) is 1. The summed E-state index contributed by atoms with van der Waals surface area (Å²) in [4.78, 5) is 14.5. The Morgan fingerprint density at radius 3 is 2.46 bits per heavy atom. The average Bonchev–Trinajstić information content (AvgIpc) is 3.14. The van der Waals surface area contributed by atoms with Crippen LogP contribution in [0.4, 0.5) is 0 Å². The Kier molecular flexibility index (Phi) is 4.23. The molecule has 1 aliphatic rings. The molecule has 6 nitrogen and oxygen atoms in total. The van der Waals surface area contributed by atoms with Crippen LogP contribution in [0.5, 0.6) is 0 Å². The normalized spacial score (nSPS) is 18.1. The molecule has 0 bridgehead atoms. The third-order valence-electron chi connectivity index (χ3n) is 4.25. The molecule has 1 aromatic carbocycles. The van der Waals surface area contributed by atoms with Gasteiger partial charge in [-0.3, -0.25) is 4.79 Å². The Morgan fingerprint density at radius 1 is 1.21 bits per heavy atom. The zero-order chi connectivity index (χ0) is 17.5. The van der Waals surface area contributed by atoms with E-state index in [1.54, 1.807) is 4.90 Å². The Labute approximate surface area is 141 Å². The first-order valence-electron chi connectivity index (χ1n) is 7.76. The number of hydrogen-bond acceptors (Lipinski definition) is 4. The van der Waals surface area contributed by atoms with E-state index in [0.29, 0.717) is 6.54 Å². The highest BCUT2D eigenvalue weighted by atomic mass is 32.2. The second kappa shape index (κ2) is 6.07. The summed E-state index contributed by atoms with van der Waals surface area (Å²) in [6.45, 7) is 4.70. The molecule has 1 amide bonds. The summed E-state index contributed by atoms with van der Waals surface area (Å²) in [5, 5.41) is 4.63. The smallest absolute Gasteiger partial charge is 0.271 e. The van der Waals surface area contributed by atoms with Crippen molar-refractivity contribution in [1.82, 2.24) is 4.90 Å². The van der Waals surface area contributed by atoms with Crippen LogP contribution >= 0.6 is 0 Å². The maximum absolute atomic E-state index is 12.8. The first-order valence-corrected chi connectivity index (χ1v) is 9.31. The molecule has 1 saturated heterocycles. The highest BCUT2D eigenvalue weighted by molar-refractivity contribution is 7.89. The van der Waals surface area contributed by atoms with Crippen LogP contribution in [0, 0.1) is 13.8 Å². The topological polar surface area (TPSA) is 93.6 Å². The van der Waals surface area contributed by atoms with Crippen molar-refractivity contribution in [2.24, 2.45) is 5.14 Å². The van der Waals surface area contributed by atoms with Crippen LogP contribution in [0.3, 0.4) is 0 Å². The number of furan rings is 1. The fourth-order valence-corrected chi connectivity index (χ4v) is 3.78. The molecule has 0 saturated carbocycles. The van der Waals surface area contributed by atoms with E-state index in [4.69, 9.17) is 9.56 Å². The van der Waals surface area contributed by atoms with E-state index in [1.807, 2.05) is 13.8 Å². The van der Waals surface area contributed by atoms with Crippen LogP contribution < -0.4 is 5.14 Å². The Hall–Kier alpha value is -2.12. The van der Waals surface area contributed by atoms with E-state index < -0.39 is 15.1 Å². The van der Waals surface area contributed by atoms with Crippen molar-refractivity contribution in [3.63, 3.8) is 0 Å². The van der Waals surface area contributed by atoms with Crippen LogP contribution in [0.15, 0.2) is 40.0 Å². The fourth-order valence-electron chi connectivity index (χ4n) is 3.30. The van der Waals surface area contributed by atoms with Gasteiger partial charge in [-0.15, -0.1) is 0 Å². The highest BCUT2D eigenvalue weighted by Gasteiger charge is 2.32. The predicted octanol–water partition coefficient (Wildman–Crippen LogP) is 2.52. The van der Waals surface area contributed by atoms with E-state index >= 15 is 0 Å². The number of nitrogens with zero attached hydrogens (tertiary/aromatic N) is 1. The SMILES string of the molecule is Cc1cc(C)cc([C@@H]2CCCN2C(=O)c2coc(S(N)(=O)=O)c2)c1. The van der Waals surface area contributed by atoms with E-state index in [0.717, 1.165) is 35.8 Å². The summed E-state index contributed by atoms with van der Waals surface area (Å²) in [6, 6.07) is 7.46. The molecule has 128 valence electrons. The van der Waals surface area contributed by atoms with Gasteiger partial charge in [0, 0.05) is 12.6 Å². The molecular weight excluding hydrogens is 328 g/mol. The van der Waals surface area contributed by atoms with Gasteiger partial charge in [0.1, 0.15) is 6.26 Å². The molecule has 0 aliphatic carbocycles. The van der Waals surface area contributed by atoms with E-state index in [1.165, 1.54) is 6.07 Å². The number of hydrogen-bond donors (Lipinski definition) is 1. The standard InChI is InChI=1S/C17H20N2O4S/c1-11-6-12(2)8-13(7-11)15-4-3-5-19(15)17(20)14-9-16(23-10-14)24(18,21)22/h6-10,15H,3-5H2,1-2H3,(H2,18,21,22)/t15-/m0/s1. The number of likely N-dealkylation sites (tertiary alicyclic amines) is 1. The fraction of sp³-hybridized carbons (Fsp3) is 0.353. The second-order valence-corrected chi connectivity index (χ2v) is 7.77. The lowest BCUT2D eigenvalue weighted by Gasteiger charge is -2.25. The van der Waals surface area contributed by atoms with Crippen molar-refractivity contribution in [2.75, 3.05) is 6.54 Å². The first-order chi connectivity index (χ1) is 11.3. The van der Waals surface area contributed by atoms with Crippen LogP contribution in [0.2, 0.25) is 0 Å². The summed E-state index contributed by atoms with van der Waals surface area (Å²) in [7, 11) is -3.95. The average molecular weight is 348 g/mol. The molecule has 3 rings (SSSR count). The van der Waals surface area contributed by atoms with Crippen molar-refractivity contribution >= 4 is 15.9 Å². The van der Waals surface area contributed by atoms with Crippen molar-refractivity contribution < 1.29 is 17.6 Å². The maximum Gasteiger partial charge on any atom is 0.271 e. The van der Waals surface area contributed by atoms with Gasteiger partial charge >= 0.3 is 0 Å². The minimum Gasteiger partial charge on any atom is -0.451 e. The Balaban J connectivity index is 1.90. The molecule has 1 fully saturated rings. The minimum absolute atomic E-state index is 0.0102. The lowest BCUT2D eigenvalue weighted by Crippen LogP contribution is -2.30. The molecule has 7 heteroatoms. The quantitative estimate of drug-likeness (QED) is 0.922. The number of carbonyl (C=O) groups excluding carboxylic acids is 1. The van der Waals surface area contributed by atoms with Crippen molar-refractivity contribution in [3.05, 3.63) is 52.8 Å². The number of amides is 1. The predicted molar refractivity (Wildman–Crippen MR) is 89.0 cm³/mol. The molecule has 1 aromatic heterocycles. The molecular formula is C17H20N2O4S. The van der Waals surface area contributed by atoms with Crippen molar-refractivity contribution in [1.29, 1.82) is 0 Å². The third-order valence-corrected chi connectivity index (χ3v) is 5.02. The molecule has 2 aromatic rings. The number of benzene rings is 1. The van der Waals surface area contributed by atoms with E-state index in [9.17, 15) is 13.2 Å². The van der Waals surface area contributed by atoms with Gasteiger partial charge in [0.15, 0.2) is 0 Å². The van der Waals surface area contributed by atoms with Crippen molar-refractivity contribution in [3.8, 4) is 0 Å². The van der Waals surface area contributed by atoms with Crippen LogP contribution in [-0.2, 0) is 10.0 Å². The van der Waals surface area contributed by atoms with Crippen LogP contribution in [0.1, 0.15) is 45.9 Å². The zero-order valence-corrected chi connectivity index (χ0v) is 14.5. The highest BCUT2D eigenvalue weighted by Crippen LogP contribution is 2.34. The number of primary sulfonamides is 1. The minimum atomic E-state index is -3.95.